The Labute approximate surface area is 115 Å². The number of aryl methyl sites for hydroxylation is 1. The van der Waals surface area contributed by atoms with Gasteiger partial charge in [-0.1, -0.05) is 11.6 Å². The minimum absolute atomic E-state index is 0.243. The van der Waals surface area contributed by atoms with Crippen LogP contribution >= 0.6 is 11.6 Å². The lowest BCUT2D eigenvalue weighted by atomic mass is 10.1. The summed E-state index contributed by atoms with van der Waals surface area (Å²) in [5, 5.41) is 9.14. The molecule has 0 bridgehead atoms. The Hall–Kier alpha value is -2.02. The Bertz CT molecular complexity index is 679. The lowest BCUT2D eigenvalue weighted by molar-refractivity contribution is -0.141. The van der Waals surface area contributed by atoms with Crippen LogP contribution in [0.4, 0.5) is 13.2 Å². The van der Waals surface area contributed by atoms with E-state index in [1.165, 1.54) is 18.2 Å². The van der Waals surface area contributed by atoms with Crippen LogP contribution in [0.3, 0.4) is 0 Å². The zero-order valence-electron chi connectivity index (χ0n) is 9.95. The summed E-state index contributed by atoms with van der Waals surface area (Å²) in [7, 11) is 0. The molecule has 8 heteroatoms. The van der Waals surface area contributed by atoms with E-state index in [0.717, 1.165) is 0 Å². The maximum atomic E-state index is 12.7. The van der Waals surface area contributed by atoms with Crippen molar-refractivity contribution < 1.29 is 27.5 Å². The first-order valence-electron chi connectivity index (χ1n) is 5.28. The fourth-order valence-corrected chi connectivity index (χ4v) is 1.87. The summed E-state index contributed by atoms with van der Waals surface area (Å²) in [4.78, 5) is 14.0. The number of hydrogen-bond donors (Lipinski definition) is 1. The van der Waals surface area contributed by atoms with Gasteiger partial charge in [-0.15, -0.1) is 0 Å². The third kappa shape index (κ3) is 2.62. The molecule has 4 nitrogen and oxygen atoms in total. The molecule has 0 fully saturated rings. The molecule has 1 aromatic carbocycles. The van der Waals surface area contributed by atoms with Crippen LogP contribution in [-0.4, -0.2) is 16.1 Å². The van der Waals surface area contributed by atoms with Crippen LogP contribution in [0.25, 0.3) is 11.5 Å². The second-order valence-corrected chi connectivity index (χ2v) is 4.40. The van der Waals surface area contributed by atoms with Crippen LogP contribution in [-0.2, 0) is 6.18 Å². The maximum Gasteiger partial charge on any atom is 0.437 e. The van der Waals surface area contributed by atoms with Gasteiger partial charge < -0.3 is 9.52 Å². The average molecular weight is 306 g/mol. The number of aromatic carboxylic acids is 1. The van der Waals surface area contributed by atoms with E-state index >= 15 is 0 Å². The number of carbonyl (C=O) groups is 1. The van der Waals surface area contributed by atoms with E-state index in [-0.39, 0.29) is 5.56 Å². The summed E-state index contributed by atoms with van der Waals surface area (Å²) in [6.45, 7) is 1.60. The standard InChI is InChI=1S/C12H7ClF3NO3/c1-5-4-6(13)2-3-7(5)10-17-9(12(14,15)16)8(20-10)11(18)19/h2-4H,1H3,(H,18,19). The molecule has 1 N–H and O–H groups in total. The summed E-state index contributed by atoms with van der Waals surface area (Å²) in [6, 6.07) is 4.37. The van der Waals surface area contributed by atoms with Gasteiger partial charge in [0.25, 0.3) is 0 Å². The lowest BCUT2D eigenvalue weighted by Gasteiger charge is -2.01. The first-order chi connectivity index (χ1) is 9.20. The molecule has 2 aromatic rings. The van der Waals surface area contributed by atoms with E-state index in [0.29, 0.717) is 10.6 Å². The third-order valence-electron chi connectivity index (χ3n) is 2.51. The number of alkyl halides is 3. The number of aromatic nitrogens is 1. The average Bonchev–Trinajstić information content (AvgIpc) is 2.73. The smallest absolute Gasteiger partial charge is 0.437 e. The SMILES string of the molecule is Cc1cc(Cl)ccc1-c1nc(C(F)(F)F)c(C(=O)O)o1. The summed E-state index contributed by atoms with van der Waals surface area (Å²) < 4.78 is 42.8. The molecule has 20 heavy (non-hydrogen) atoms. The van der Waals surface area contributed by atoms with Gasteiger partial charge in [0.05, 0.1) is 0 Å². The number of hydrogen-bond acceptors (Lipinski definition) is 3. The van der Waals surface area contributed by atoms with Crippen molar-refractivity contribution in [1.29, 1.82) is 0 Å². The number of halogens is 4. The topological polar surface area (TPSA) is 63.3 Å². The van der Waals surface area contributed by atoms with Crippen LogP contribution < -0.4 is 0 Å². The molecule has 0 saturated carbocycles. The predicted octanol–water partition coefficient (Wildman–Crippen LogP) is 4.02. The van der Waals surface area contributed by atoms with Gasteiger partial charge in [-0.3, -0.25) is 0 Å². The Balaban J connectivity index is 2.62. The molecule has 0 saturated heterocycles. The summed E-state index contributed by atoms with van der Waals surface area (Å²) in [6.07, 6.45) is -4.91. The van der Waals surface area contributed by atoms with Crippen molar-refractivity contribution in [2.45, 2.75) is 13.1 Å². The molecule has 1 aromatic heterocycles. The summed E-state index contributed by atoms with van der Waals surface area (Å²) >= 11 is 5.74. The van der Waals surface area contributed by atoms with Crippen molar-refractivity contribution in [3.8, 4) is 11.5 Å². The van der Waals surface area contributed by atoms with Crippen LogP contribution in [0.2, 0.25) is 5.02 Å². The van der Waals surface area contributed by atoms with Gasteiger partial charge in [0.15, 0.2) is 5.69 Å². The molecule has 0 spiro atoms. The molecule has 0 radical (unpaired) electrons. The first kappa shape index (κ1) is 14.4. The Morgan fingerprint density at radius 2 is 2.05 bits per heavy atom. The van der Waals surface area contributed by atoms with E-state index in [4.69, 9.17) is 21.1 Å². The van der Waals surface area contributed by atoms with Crippen LogP contribution in [0.15, 0.2) is 22.6 Å². The van der Waals surface area contributed by atoms with Crippen LogP contribution in [0.1, 0.15) is 21.8 Å². The van der Waals surface area contributed by atoms with E-state index < -0.39 is 29.5 Å². The molecule has 0 atom stereocenters. The normalized spacial score (nSPS) is 11.7. The molecular weight excluding hydrogens is 299 g/mol. The van der Waals surface area contributed by atoms with E-state index in [2.05, 4.69) is 4.98 Å². The number of oxazole rings is 1. The van der Waals surface area contributed by atoms with Gasteiger partial charge in [0.1, 0.15) is 0 Å². The molecular formula is C12H7ClF3NO3. The van der Waals surface area contributed by atoms with Crippen molar-refractivity contribution in [1.82, 2.24) is 4.98 Å². The highest BCUT2D eigenvalue weighted by molar-refractivity contribution is 6.30. The highest BCUT2D eigenvalue weighted by atomic mass is 35.5. The second-order valence-electron chi connectivity index (χ2n) is 3.96. The molecule has 0 amide bonds. The van der Waals surface area contributed by atoms with E-state index in [1.54, 1.807) is 6.92 Å². The van der Waals surface area contributed by atoms with Gasteiger partial charge in [-0.05, 0) is 30.7 Å². The van der Waals surface area contributed by atoms with Gasteiger partial charge >= 0.3 is 12.1 Å². The zero-order chi connectivity index (χ0) is 15.1. The predicted molar refractivity (Wildman–Crippen MR) is 63.6 cm³/mol. The quantitative estimate of drug-likeness (QED) is 0.910. The number of nitrogens with zero attached hydrogens (tertiary/aromatic N) is 1. The summed E-state index contributed by atoms with van der Waals surface area (Å²) in [5.41, 5.74) is -0.800. The first-order valence-corrected chi connectivity index (χ1v) is 5.66. The van der Waals surface area contributed by atoms with Gasteiger partial charge in [0, 0.05) is 10.6 Å². The van der Waals surface area contributed by atoms with Crippen LogP contribution in [0.5, 0.6) is 0 Å². The summed E-state index contributed by atoms with van der Waals surface area (Å²) in [5.74, 6) is -3.48. The molecule has 0 aliphatic rings. The van der Waals surface area contributed by atoms with E-state index in [1.807, 2.05) is 0 Å². The molecule has 0 unspecified atom stereocenters. The van der Waals surface area contributed by atoms with Crippen LogP contribution in [0, 0.1) is 6.92 Å². The third-order valence-corrected chi connectivity index (χ3v) is 2.74. The van der Waals surface area contributed by atoms with Gasteiger partial charge in [0.2, 0.25) is 11.7 Å². The zero-order valence-corrected chi connectivity index (χ0v) is 10.7. The van der Waals surface area contributed by atoms with Crippen molar-refractivity contribution in [2.75, 3.05) is 0 Å². The molecule has 106 valence electrons. The number of carboxylic acids is 1. The van der Waals surface area contributed by atoms with E-state index in [9.17, 15) is 18.0 Å². The maximum absolute atomic E-state index is 12.7. The molecule has 2 rings (SSSR count). The van der Waals surface area contributed by atoms with Crippen molar-refractivity contribution >= 4 is 17.6 Å². The molecule has 1 heterocycles. The Morgan fingerprint density at radius 1 is 1.40 bits per heavy atom. The Morgan fingerprint density at radius 3 is 2.50 bits per heavy atom. The van der Waals surface area contributed by atoms with Gasteiger partial charge in [-0.25, -0.2) is 9.78 Å². The lowest BCUT2D eigenvalue weighted by Crippen LogP contribution is -2.11. The Kier molecular flexibility index (Phi) is 3.47. The largest absolute Gasteiger partial charge is 0.475 e. The molecule has 0 aliphatic heterocycles. The van der Waals surface area contributed by atoms with Crippen molar-refractivity contribution in [3.05, 3.63) is 40.2 Å². The van der Waals surface area contributed by atoms with Gasteiger partial charge in [-0.2, -0.15) is 13.2 Å². The fourth-order valence-electron chi connectivity index (χ4n) is 1.64. The highest BCUT2D eigenvalue weighted by Gasteiger charge is 2.41. The highest BCUT2D eigenvalue weighted by Crippen LogP contribution is 2.35. The minimum Gasteiger partial charge on any atom is -0.475 e. The second kappa shape index (κ2) is 4.82. The monoisotopic (exact) mass is 305 g/mol. The minimum atomic E-state index is -4.91. The molecule has 0 aliphatic carbocycles. The number of carboxylic acid groups (broad SMARTS) is 1. The number of rotatable bonds is 2. The fraction of sp³-hybridized carbons (Fsp3) is 0.167. The van der Waals surface area contributed by atoms with Crippen molar-refractivity contribution in [2.24, 2.45) is 0 Å². The van der Waals surface area contributed by atoms with Crippen molar-refractivity contribution in [3.63, 3.8) is 0 Å². The number of benzene rings is 1.